The van der Waals surface area contributed by atoms with Crippen LogP contribution in [0.5, 0.6) is 5.75 Å². The molecule has 0 aliphatic heterocycles. The summed E-state index contributed by atoms with van der Waals surface area (Å²) in [4.78, 5) is 0. The second-order valence-corrected chi connectivity index (χ2v) is 4.88. The lowest BCUT2D eigenvalue weighted by Gasteiger charge is -2.28. The molecule has 2 nitrogen and oxygen atoms in total. The fraction of sp³-hybridized carbons (Fsp3) is 0.455. The number of halogens is 4. The van der Waals surface area contributed by atoms with Gasteiger partial charge in [-0.15, -0.1) is 13.2 Å². The summed E-state index contributed by atoms with van der Waals surface area (Å²) in [6.07, 6.45) is -1.58. The fourth-order valence-electron chi connectivity index (χ4n) is 1.60. The van der Waals surface area contributed by atoms with Crippen molar-refractivity contribution < 1.29 is 17.9 Å². The number of hydrogen-bond donors (Lipinski definition) is 1. The van der Waals surface area contributed by atoms with Gasteiger partial charge in [0.05, 0.1) is 5.69 Å². The number of benzene rings is 1. The molecule has 2 rings (SSSR count). The molecule has 1 aliphatic carbocycles. The minimum atomic E-state index is -4.66. The maximum absolute atomic E-state index is 12.2. The molecule has 1 aromatic carbocycles. The SMILES string of the molecule is FC(F)(F)Oc1ccc(Br)cc1NC1CCC1. The van der Waals surface area contributed by atoms with E-state index in [-0.39, 0.29) is 11.8 Å². The van der Waals surface area contributed by atoms with Crippen LogP contribution in [-0.4, -0.2) is 12.4 Å². The van der Waals surface area contributed by atoms with Crippen molar-refractivity contribution in [2.45, 2.75) is 31.7 Å². The summed E-state index contributed by atoms with van der Waals surface area (Å²) in [5, 5.41) is 3.06. The Morgan fingerprint density at radius 1 is 1.29 bits per heavy atom. The van der Waals surface area contributed by atoms with E-state index in [0.717, 1.165) is 19.3 Å². The summed E-state index contributed by atoms with van der Waals surface area (Å²) >= 11 is 3.23. The molecule has 0 heterocycles. The number of rotatable bonds is 3. The van der Waals surface area contributed by atoms with Crippen molar-refractivity contribution in [2.24, 2.45) is 0 Å². The first-order valence-electron chi connectivity index (χ1n) is 5.26. The summed E-state index contributed by atoms with van der Waals surface area (Å²) in [5.41, 5.74) is 0.376. The number of anilines is 1. The first-order chi connectivity index (χ1) is 7.94. The monoisotopic (exact) mass is 309 g/mol. The van der Waals surface area contributed by atoms with Gasteiger partial charge in [0.25, 0.3) is 0 Å². The summed E-state index contributed by atoms with van der Waals surface area (Å²) in [7, 11) is 0. The topological polar surface area (TPSA) is 21.3 Å². The van der Waals surface area contributed by atoms with Crippen LogP contribution in [0.1, 0.15) is 19.3 Å². The van der Waals surface area contributed by atoms with E-state index in [1.165, 1.54) is 12.1 Å². The van der Waals surface area contributed by atoms with Crippen LogP contribution in [0.15, 0.2) is 22.7 Å². The van der Waals surface area contributed by atoms with E-state index < -0.39 is 6.36 Å². The average Bonchev–Trinajstić information content (AvgIpc) is 2.13. The summed E-state index contributed by atoms with van der Waals surface area (Å²) in [6.45, 7) is 0. The molecule has 0 saturated heterocycles. The third kappa shape index (κ3) is 3.52. The van der Waals surface area contributed by atoms with Gasteiger partial charge >= 0.3 is 6.36 Å². The summed E-state index contributed by atoms with van der Waals surface area (Å²) in [6, 6.07) is 4.67. The van der Waals surface area contributed by atoms with Crippen LogP contribution >= 0.6 is 15.9 Å². The van der Waals surface area contributed by atoms with Gasteiger partial charge in [0.1, 0.15) is 0 Å². The molecular weight excluding hydrogens is 299 g/mol. The Balaban J connectivity index is 2.17. The van der Waals surface area contributed by atoms with Crippen molar-refractivity contribution in [1.29, 1.82) is 0 Å². The zero-order valence-corrected chi connectivity index (χ0v) is 10.4. The number of ether oxygens (including phenoxy) is 1. The molecule has 0 atom stereocenters. The molecule has 94 valence electrons. The van der Waals surface area contributed by atoms with Crippen molar-refractivity contribution in [3.8, 4) is 5.75 Å². The number of hydrogen-bond acceptors (Lipinski definition) is 2. The van der Waals surface area contributed by atoms with E-state index in [9.17, 15) is 13.2 Å². The zero-order valence-electron chi connectivity index (χ0n) is 8.85. The Hall–Kier alpha value is -0.910. The molecule has 1 aromatic rings. The van der Waals surface area contributed by atoms with E-state index in [0.29, 0.717) is 10.2 Å². The fourth-order valence-corrected chi connectivity index (χ4v) is 1.96. The molecule has 1 N–H and O–H groups in total. The van der Waals surface area contributed by atoms with Crippen molar-refractivity contribution in [3.63, 3.8) is 0 Å². The van der Waals surface area contributed by atoms with Crippen LogP contribution in [0.25, 0.3) is 0 Å². The molecule has 0 spiro atoms. The second-order valence-electron chi connectivity index (χ2n) is 3.96. The van der Waals surface area contributed by atoms with Crippen LogP contribution in [-0.2, 0) is 0 Å². The van der Waals surface area contributed by atoms with Gasteiger partial charge in [-0.3, -0.25) is 0 Å². The number of nitrogens with one attached hydrogen (secondary N) is 1. The van der Waals surface area contributed by atoms with E-state index in [1.807, 2.05) is 0 Å². The molecule has 0 amide bonds. The summed E-state index contributed by atoms with van der Waals surface area (Å²) in [5.74, 6) is -0.187. The quantitative estimate of drug-likeness (QED) is 0.898. The molecule has 0 radical (unpaired) electrons. The molecule has 0 unspecified atom stereocenters. The van der Waals surface area contributed by atoms with Crippen molar-refractivity contribution in [3.05, 3.63) is 22.7 Å². The maximum atomic E-state index is 12.2. The van der Waals surface area contributed by atoms with Crippen LogP contribution in [0.2, 0.25) is 0 Å². The lowest BCUT2D eigenvalue weighted by molar-refractivity contribution is -0.274. The van der Waals surface area contributed by atoms with Crippen LogP contribution in [0.4, 0.5) is 18.9 Å². The van der Waals surface area contributed by atoms with Crippen LogP contribution in [0, 0.1) is 0 Å². The third-order valence-electron chi connectivity index (χ3n) is 2.63. The largest absolute Gasteiger partial charge is 0.573 e. The predicted octanol–water partition coefficient (Wildman–Crippen LogP) is 4.31. The van der Waals surface area contributed by atoms with E-state index in [2.05, 4.69) is 26.0 Å². The third-order valence-corrected chi connectivity index (χ3v) is 3.13. The van der Waals surface area contributed by atoms with Crippen molar-refractivity contribution in [2.75, 3.05) is 5.32 Å². The highest BCUT2D eigenvalue weighted by atomic mass is 79.9. The van der Waals surface area contributed by atoms with Gasteiger partial charge in [-0.25, -0.2) is 0 Å². The Bertz CT molecular complexity index is 404. The lowest BCUT2D eigenvalue weighted by atomic mass is 9.93. The zero-order chi connectivity index (χ0) is 12.5. The Morgan fingerprint density at radius 2 is 2.00 bits per heavy atom. The smallest absolute Gasteiger partial charge is 0.404 e. The van der Waals surface area contributed by atoms with Crippen LogP contribution in [0.3, 0.4) is 0 Å². The Labute approximate surface area is 105 Å². The first kappa shape index (κ1) is 12.5. The summed E-state index contributed by atoms with van der Waals surface area (Å²) < 4.78 is 41.3. The number of alkyl halides is 3. The normalized spacial score (nSPS) is 16.5. The first-order valence-corrected chi connectivity index (χ1v) is 6.05. The highest BCUT2D eigenvalue weighted by Crippen LogP contribution is 2.35. The second kappa shape index (κ2) is 4.76. The molecule has 1 fully saturated rings. The molecule has 0 aromatic heterocycles. The van der Waals surface area contributed by atoms with Gasteiger partial charge in [-0.1, -0.05) is 15.9 Å². The van der Waals surface area contributed by atoms with Crippen molar-refractivity contribution in [1.82, 2.24) is 0 Å². The Kier molecular flexibility index (Phi) is 3.51. The standard InChI is InChI=1S/C11H11BrF3NO/c12-7-4-5-10(17-11(13,14)15)9(6-7)16-8-2-1-3-8/h4-6,8,16H,1-3H2. The molecule has 17 heavy (non-hydrogen) atoms. The molecule has 0 bridgehead atoms. The molecular formula is C11H11BrF3NO. The van der Waals surface area contributed by atoms with Gasteiger partial charge in [0.2, 0.25) is 0 Å². The minimum absolute atomic E-state index is 0.187. The van der Waals surface area contributed by atoms with E-state index >= 15 is 0 Å². The molecule has 1 aliphatic rings. The van der Waals surface area contributed by atoms with E-state index in [4.69, 9.17) is 0 Å². The average molecular weight is 310 g/mol. The highest BCUT2D eigenvalue weighted by Gasteiger charge is 2.32. The molecule has 1 saturated carbocycles. The molecule has 6 heteroatoms. The van der Waals surface area contributed by atoms with Crippen molar-refractivity contribution >= 4 is 21.6 Å². The van der Waals surface area contributed by atoms with Gasteiger partial charge in [0.15, 0.2) is 5.75 Å². The van der Waals surface area contributed by atoms with Gasteiger partial charge < -0.3 is 10.1 Å². The predicted molar refractivity (Wildman–Crippen MR) is 62.1 cm³/mol. The highest BCUT2D eigenvalue weighted by molar-refractivity contribution is 9.10. The van der Waals surface area contributed by atoms with Gasteiger partial charge in [-0.05, 0) is 37.5 Å². The van der Waals surface area contributed by atoms with Gasteiger partial charge in [-0.2, -0.15) is 0 Å². The van der Waals surface area contributed by atoms with Crippen LogP contribution < -0.4 is 10.1 Å². The lowest BCUT2D eigenvalue weighted by Crippen LogP contribution is -2.28. The van der Waals surface area contributed by atoms with Gasteiger partial charge in [0, 0.05) is 10.5 Å². The minimum Gasteiger partial charge on any atom is -0.404 e. The Morgan fingerprint density at radius 3 is 2.53 bits per heavy atom. The van der Waals surface area contributed by atoms with E-state index in [1.54, 1.807) is 6.07 Å². The maximum Gasteiger partial charge on any atom is 0.573 e.